The van der Waals surface area contributed by atoms with Crippen molar-refractivity contribution >= 4 is 17.2 Å². The number of hydrogen-bond acceptors (Lipinski definition) is 3. The van der Waals surface area contributed by atoms with Crippen LogP contribution in [0.4, 0.5) is 0 Å². The van der Waals surface area contributed by atoms with E-state index in [2.05, 4.69) is 27.0 Å². The molecule has 2 aliphatic heterocycles. The van der Waals surface area contributed by atoms with E-state index in [1.165, 1.54) is 18.4 Å². The van der Waals surface area contributed by atoms with Crippen LogP contribution in [0.1, 0.15) is 31.2 Å². The molecule has 0 aliphatic carbocycles. The predicted molar refractivity (Wildman–Crippen MR) is 73.8 cm³/mol. The maximum Gasteiger partial charge on any atom is 0.222 e. The van der Waals surface area contributed by atoms with Gasteiger partial charge in [-0.1, -0.05) is 0 Å². The van der Waals surface area contributed by atoms with Crippen LogP contribution in [0, 0.1) is 0 Å². The Kier molecular flexibility index (Phi) is 3.66. The van der Waals surface area contributed by atoms with E-state index in [4.69, 9.17) is 0 Å². The van der Waals surface area contributed by atoms with Gasteiger partial charge in [0.05, 0.1) is 0 Å². The van der Waals surface area contributed by atoms with E-state index in [0.717, 1.165) is 25.9 Å². The second kappa shape index (κ2) is 5.41. The van der Waals surface area contributed by atoms with Crippen LogP contribution in [0.5, 0.6) is 0 Å². The third-order valence-corrected chi connectivity index (χ3v) is 4.82. The number of carbonyl (C=O) groups excluding carboxylic acids is 1. The third kappa shape index (κ3) is 2.75. The summed E-state index contributed by atoms with van der Waals surface area (Å²) < 4.78 is 0. The summed E-state index contributed by atoms with van der Waals surface area (Å²) >= 11 is 1.71. The smallest absolute Gasteiger partial charge is 0.222 e. The number of nitrogens with zero attached hydrogens (tertiary/aromatic N) is 1. The number of likely N-dealkylation sites (tertiary alicyclic amines) is 1. The van der Waals surface area contributed by atoms with E-state index < -0.39 is 0 Å². The molecular formula is C14H20N2OS. The minimum Gasteiger partial charge on any atom is -0.341 e. The number of nitrogens with one attached hydrogen (secondary N) is 1. The molecule has 1 N–H and O–H groups in total. The second-order valence-corrected chi connectivity index (χ2v) is 6.18. The summed E-state index contributed by atoms with van der Waals surface area (Å²) in [7, 11) is 0. The molecule has 2 atom stereocenters. The summed E-state index contributed by atoms with van der Waals surface area (Å²) in [6, 6.07) is 3.32. The molecule has 3 nitrogen and oxygen atoms in total. The largest absolute Gasteiger partial charge is 0.341 e. The molecule has 2 aliphatic rings. The van der Waals surface area contributed by atoms with Crippen LogP contribution in [0.2, 0.25) is 0 Å². The first-order valence-electron chi connectivity index (χ1n) is 6.86. The van der Waals surface area contributed by atoms with Gasteiger partial charge in [-0.3, -0.25) is 4.79 Å². The average molecular weight is 264 g/mol. The molecular weight excluding hydrogens is 244 g/mol. The Morgan fingerprint density at radius 1 is 1.39 bits per heavy atom. The Morgan fingerprint density at radius 2 is 2.28 bits per heavy atom. The summed E-state index contributed by atoms with van der Waals surface area (Å²) in [6.45, 7) is 1.86. The first kappa shape index (κ1) is 12.2. The van der Waals surface area contributed by atoms with Gasteiger partial charge in [0.1, 0.15) is 0 Å². The maximum atomic E-state index is 12.2. The first-order valence-corrected chi connectivity index (χ1v) is 7.80. The lowest BCUT2D eigenvalue weighted by molar-refractivity contribution is -0.131. The maximum absolute atomic E-state index is 12.2. The van der Waals surface area contributed by atoms with Crippen LogP contribution in [0.3, 0.4) is 0 Å². The van der Waals surface area contributed by atoms with Crippen molar-refractivity contribution < 1.29 is 4.79 Å². The van der Waals surface area contributed by atoms with Gasteiger partial charge in [0.25, 0.3) is 0 Å². The van der Waals surface area contributed by atoms with Crippen LogP contribution in [-0.2, 0) is 11.2 Å². The second-order valence-electron chi connectivity index (χ2n) is 5.40. The van der Waals surface area contributed by atoms with E-state index in [0.29, 0.717) is 24.4 Å². The van der Waals surface area contributed by atoms with Crippen LogP contribution >= 0.6 is 11.3 Å². The van der Waals surface area contributed by atoms with Crippen molar-refractivity contribution in [3.05, 3.63) is 22.4 Å². The molecule has 18 heavy (non-hydrogen) atoms. The molecule has 2 saturated heterocycles. The van der Waals surface area contributed by atoms with Crippen molar-refractivity contribution in [2.75, 3.05) is 13.1 Å². The molecule has 1 aromatic rings. The zero-order valence-corrected chi connectivity index (χ0v) is 11.4. The molecule has 4 heteroatoms. The quantitative estimate of drug-likeness (QED) is 0.906. The molecule has 2 fully saturated rings. The minimum absolute atomic E-state index is 0.329. The zero-order valence-electron chi connectivity index (χ0n) is 10.6. The fraction of sp³-hybridized carbons (Fsp3) is 0.643. The summed E-state index contributed by atoms with van der Waals surface area (Å²) in [5.41, 5.74) is 1.29. The Hall–Kier alpha value is -0.870. The SMILES string of the molecule is O=C(CCc1ccsc1)N1CCC2CCC(C1)N2. The standard InChI is InChI=1S/C14H20N2OS/c17-14(4-1-11-6-8-18-10-11)16-7-5-12-2-3-13(9-16)15-12/h6,8,10,12-13,15H,1-5,7,9H2. The van der Waals surface area contributed by atoms with Crippen molar-refractivity contribution in [1.82, 2.24) is 10.2 Å². The van der Waals surface area contributed by atoms with Gasteiger partial charge in [0.15, 0.2) is 0 Å². The van der Waals surface area contributed by atoms with E-state index in [9.17, 15) is 4.79 Å². The van der Waals surface area contributed by atoms with Crippen LogP contribution in [0.25, 0.3) is 0 Å². The van der Waals surface area contributed by atoms with Gasteiger partial charge >= 0.3 is 0 Å². The number of carbonyl (C=O) groups is 1. The zero-order chi connectivity index (χ0) is 12.4. The summed E-state index contributed by atoms with van der Waals surface area (Å²) in [5.74, 6) is 0.329. The number of hydrogen-bond donors (Lipinski definition) is 1. The summed E-state index contributed by atoms with van der Waals surface area (Å²) in [6.07, 6.45) is 5.20. The molecule has 0 spiro atoms. The van der Waals surface area contributed by atoms with Gasteiger partial charge in [0.2, 0.25) is 5.91 Å². The number of thiophene rings is 1. The van der Waals surface area contributed by atoms with Gasteiger partial charge in [-0.05, 0) is 48.1 Å². The molecule has 2 unspecified atom stereocenters. The fourth-order valence-electron chi connectivity index (χ4n) is 3.01. The molecule has 0 aromatic carbocycles. The van der Waals surface area contributed by atoms with Crippen LogP contribution in [-0.4, -0.2) is 36.0 Å². The van der Waals surface area contributed by atoms with Crippen LogP contribution < -0.4 is 5.32 Å². The third-order valence-electron chi connectivity index (χ3n) is 4.08. The van der Waals surface area contributed by atoms with Gasteiger partial charge in [-0.15, -0.1) is 0 Å². The van der Waals surface area contributed by atoms with Crippen molar-refractivity contribution in [2.45, 2.75) is 44.2 Å². The molecule has 0 radical (unpaired) electrons. The first-order chi connectivity index (χ1) is 8.81. The number of fused-ring (bicyclic) bond motifs is 2. The molecule has 98 valence electrons. The lowest BCUT2D eigenvalue weighted by Crippen LogP contribution is -2.39. The highest BCUT2D eigenvalue weighted by Gasteiger charge is 2.30. The van der Waals surface area contributed by atoms with Crippen molar-refractivity contribution in [3.8, 4) is 0 Å². The van der Waals surface area contributed by atoms with Gasteiger partial charge < -0.3 is 10.2 Å². The molecule has 2 bridgehead atoms. The van der Waals surface area contributed by atoms with Crippen molar-refractivity contribution in [1.29, 1.82) is 0 Å². The topological polar surface area (TPSA) is 32.3 Å². The summed E-state index contributed by atoms with van der Waals surface area (Å²) in [4.78, 5) is 14.3. The van der Waals surface area contributed by atoms with E-state index >= 15 is 0 Å². The Balaban J connectivity index is 1.52. The van der Waals surface area contributed by atoms with Gasteiger partial charge in [-0.2, -0.15) is 11.3 Å². The van der Waals surface area contributed by atoms with E-state index in [-0.39, 0.29) is 0 Å². The minimum atomic E-state index is 0.329. The molecule has 3 heterocycles. The highest BCUT2D eigenvalue weighted by Crippen LogP contribution is 2.21. The van der Waals surface area contributed by atoms with Gasteiger partial charge in [0, 0.05) is 31.6 Å². The predicted octanol–water partition coefficient (Wildman–Crippen LogP) is 2.03. The molecule has 1 amide bonds. The van der Waals surface area contributed by atoms with Gasteiger partial charge in [-0.25, -0.2) is 0 Å². The Morgan fingerprint density at radius 3 is 3.11 bits per heavy atom. The fourth-order valence-corrected chi connectivity index (χ4v) is 3.72. The van der Waals surface area contributed by atoms with Crippen molar-refractivity contribution in [3.63, 3.8) is 0 Å². The molecule has 1 aromatic heterocycles. The number of amides is 1. The highest BCUT2D eigenvalue weighted by molar-refractivity contribution is 7.07. The Labute approximate surface area is 112 Å². The summed E-state index contributed by atoms with van der Waals surface area (Å²) in [5, 5.41) is 7.83. The lowest BCUT2D eigenvalue weighted by Gasteiger charge is -2.24. The molecule has 3 rings (SSSR count). The molecule has 0 saturated carbocycles. The Bertz CT molecular complexity index is 404. The highest BCUT2D eigenvalue weighted by atomic mass is 32.1. The normalized spacial score (nSPS) is 27.2. The van der Waals surface area contributed by atoms with Crippen LogP contribution in [0.15, 0.2) is 16.8 Å². The monoisotopic (exact) mass is 264 g/mol. The van der Waals surface area contributed by atoms with E-state index in [1.54, 1.807) is 11.3 Å². The lowest BCUT2D eigenvalue weighted by atomic mass is 10.1. The average Bonchev–Trinajstić information content (AvgIpc) is 2.96. The number of rotatable bonds is 3. The van der Waals surface area contributed by atoms with E-state index in [1.807, 2.05) is 0 Å². The number of aryl methyl sites for hydroxylation is 1. The van der Waals surface area contributed by atoms with Crippen molar-refractivity contribution in [2.24, 2.45) is 0 Å².